The van der Waals surface area contributed by atoms with Crippen LogP contribution in [0.3, 0.4) is 0 Å². The van der Waals surface area contributed by atoms with Crippen LogP contribution >= 0.6 is 0 Å². The maximum Gasteiger partial charge on any atom is 0.142 e. The summed E-state index contributed by atoms with van der Waals surface area (Å²) >= 11 is 0. The van der Waals surface area contributed by atoms with Gasteiger partial charge >= 0.3 is 0 Å². The van der Waals surface area contributed by atoms with Crippen molar-refractivity contribution in [2.45, 2.75) is 32.8 Å². The number of para-hydroxylation sites is 1. The fraction of sp³-hybridized carbons (Fsp3) is 0.462. The predicted octanol–water partition coefficient (Wildman–Crippen LogP) is 2.82. The number of carbonyl (C=O) groups is 1. The molecule has 1 aliphatic carbocycles. The van der Waals surface area contributed by atoms with Crippen LogP contribution in [-0.4, -0.2) is 11.9 Å². The van der Waals surface area contributed by atoms with Gasteiger partial charge in [0.15, 0.2) is 0 Å². The van der Waals surface area contributed by atoms with Gasteiger partial charge in [-0.15, -0.1) is 0 Å². The zero-order valence-corrected chi connectivity index (χ0v) is 9.19. The topological polar surface area (TPSA) is 26.3 Å². The Kier molecular flexibility index (Phi) is 2.51. The van der Waals surface area contributed by atoms with Gasteiger partial charge in [-0.3, -0.25) is 4.79 Å². The van der Waals surface area contributed by atoms with Crippen LogP contribution in [0.15, 0.2) is 30.3 Å². The van der Waals surface area contributed by atoms with Crippen molar-refractivity contribution in [3.8, 4) is 5.75 Å². The molecule has 2 heteroatoms. The van der Waals surface area contributed by atoms with Crippen LogP contribution in [-0.2, 0) is 4.79 Å². The maximum atomic E-state index is 11.5. The van der Waals surface area contributed by atoms with Crippen molar-refractivity contribution in [3.63, 3.8) is 0 Å². The average molecular weight is 204 g/mol. The van der Waals surface area contributed by atoms with Gasteiger partial charge in [0.25, 0.3) is 0 Å². The maximum absolute atomic E-state index is 11.5. The molecule has 0 aliphatic heterocycles. The first-order valence-electron chi connectivity index (χ1n) is 5.38. The quantitative estimate of drug-likeness (QED) is 0.756. The Morgan fingerprint density at radius 3 is 2.47 bits per heavy atom. The van der Waals surface area contributed by atoms with Crippen LogP contribution in [0.4, 0.5) is 0 Å². The summed E-state index contributed by atoms with van der Waals surface area (Å²) in [6.45, 7) is 3.97. The van der Waals surface area contributed by atoms with Gasteiger partial charge in [-0.05, 0) is 32.4 Å². The number of Topliss-reactive ketones (excluding diaryl/α,β-unsaturated/α-hetero) is 1. The van der Waals surface area contributed by atoms with E-state index < -0.39 is 0 Å². The van der Waals surface area contributed by atoms with Gasteiger partial charge in [-0.25, -0.2) is 0 Å². The van der Waals surface area contributed by atoms with E-state index in [0.717, 1.165) is 12.2 Å². The van der Waals surface area contributed by atoms with Crippen molar-refractivity contribution in [2.24, 2.45) is 5.41 Å². The molecule has 2 nitrogen and oxygen atoms in total. The molecule has 80 valence electrons. The highest BCUT2D eigenvalue weighted by Crippen LogP contribution is 2.41. The lowest BCUT2D eigenvalue weighted by Crippen LogP contribution is -2.48. The van der Waals surface area contributed by atoms with Gasteiger partial charge in [0.05, 0.1) is 5.41 Å². The third kappa shape index (κ3) is 1.76. The summed E-state index contributed by atoms with van der Waals surface area (Å²) in [6, 6.07) is 9.67. The lowest BCUT2D eigenvalue weighted by molar-refractivity contribution is -0.143. The van der Waals surface area contributed by atoms with Crippen molar-refractivity contribution in [1.29, 1.82) is 0 Å². The monoisotopic (exact) mass is 204 g/mol. The molecule has 0 N–H and O–H groups in total. The Bertz CT molecular complexity index is 358. The molecule has 0 unspecified atom stereocenters. The fourth-order valence-corrected chi connectivity index (χ4v) is 1.88. The second kappa shape index (κ2) is 3.69. The van der Waals surface area contributed by atoms with Crippen LogP contribution in [0, 0.1) is 5.41 Å². The minimum Gasteiger partial charge on any atom is -0.490 e. The number of benzene rings is 1. The standard InChI is InChI=1S/C13H16O2/c1-10(13(2)9-8-12(13)14)15-11-6-4-3-5-7-11/h3-7,10H,8-9H2,1-2H3/t10-,13-/m1/s1. The molecule has 1 saturated carbocycles. The second-order valence-electron chi connectivity index (χ2n) is 4.41. The van der Waals surface area contributed by atoms with Crippen molar-refractivity contribution in [2.75, 3.05) is 0 Å². The van der Waals surface area contributed by atoms with E-state index in [1.165, 1.54) is 0 Å². The first-order chi connectivity index (χ1) is 7.13. The van der Waals surface area contributed by atoms with Crippen LogP contribution in [0.5, 0.6) is 5.75 Å². The van der Waals surface area contributed by atoms with Crippen molar-refractivity contribution < 1.29 is 9.53 Å². The van der Waals surface area contributed by atoms with Gasteiger partial charge in [0.1, 0.15) is 17.6 Å². The largest absolute Gasteiger partial charge is 0.490 e. The molecule has 0 aromatic heterocycles. The summed E-state index contributed by atoms with van der Waals surface area (Å²) in [7, 11) is 0. The molecule has 15 heavy (non-hydrogen) atoms. The molecule has 1 aromatic rings. The summed E-state index contributed by atoms with van der Waals surface area (Å²) in [5.74, 6) is 1.16. The Hall–Kier alpha value is -1.31. The summed E-state index contributed by atoms with van der Waals surface area (Å²) in [4.78, 5) is 11.5. The van der Waals surface area contributed by atoms with Crippen molar-refractivity contribution in [1.82, 2.24) is 0 Å². The number of ketones is 1. The number of hydrogen-bond acceptors (Lipinski definition) is 2. The Balaban J connectivity index is 2.04. The third-order valence-corrected chi connectivity index (χ3v) is 3.46. The molecule has 1 fully saturated rings. The van der Waals surface area contributed by atoms with Crippen molar-refractivity contribution >= 4 is 5.78 Å². The SMILES string of the molecule is C[C@@H](Oc1ccccc1)[C@@]1(C)CCC1=O. The molecule has 0 bridgehead atoms. The van der Waals surface area contributed by atoms with Gasteiger partial charge in [0.2, 0.25) is 0 Å². The highest BCUT2D eigenvalue weighted by atomic mass is 16.5. The molecule has 2 atom stereocenters. The van der Waals surface area contributed by atoms with E-state index in [-0.39, 0.29) is 11.5 Å². The zero-order chi connectivity index (χ0) is 10.9. The first-order valence-corrected chi connectivity index (χ1v) is 5.38. The van der Waals surface area contributed by atoms with E-state index >= 15 is 0 Å². The molecule has 2 rings (SSSR count). The summed E-state index contributed by atoms with van der Waals surface area (Å²) in [6.07, 6.45) is 1.61. The smallest absolute Gasteiger partial charge is 0.142 e. The van der Waals surface area contributed by atoms with E-state index in [4.69, 9.17) is 4.74 Å². The molecule has 1 aromatic carbocycles. The van der Waals surface area contributed by atoms with E-state index in [2.05, 4.69) is 0 Å². The summed E-state index contributed by atoms with van der Waals surface area (Å²) < 4.78 is 5.77. The molecule has 0 heterocycles. The third-order valence-electron chi connectivity index (χ3n) is 3.46. The highest BCUT2D eigenvalue weighted by molar-refractivity contribution is 5.90. The first kappa shape index (κ1) is 10.2. The number of hydrogen-bond donors (Lipinski definition) is 0. The van der Waals surface area contributed by atoms with Crippen LogP contribution in [0.2, 0.25) is 0 Å². The van der Waals surface area contributed by atoms with Crippen LogP contribution in [0.25, 0.3) is 0 Å². The van der Waals surface area contributed by atoms with E-state index in [1.807, 2.05) is 44.2 Å². The number of rotatable bonds is 3. The van der Waals surface area contributed by atoms with Crippen molar-refractivity contribution in [3.05, 3.63) is 30.3 Å². The Morgan fingerprint density at radius 2 is 2.00 bits per heavy atom. The van der Waals surface area contributed by atoms with Crippen LogP contribution in [0.1, 0.15) is 26.7 Å². The molecule has 0 amide bonds. The predicted molar refractivity (Wildman–Crippen MR) is 58.9 cm³/mol. The van der Waals surface area contributed by atoms with Gasteiger partial charge < -0.3 is 4.74 Å². The Morgan fingerprint density at radius 1 is 1.33 bits per heavy atom. The number of carbonyl (C=O) groups excluding carboxylic acids is 1. The lowest BCUT2D eigenvalue weighted by atomic mass is 9.66. The van der Waals surface area contributed by atoms with E-state index in [0.29, 0.717) is 12.2 Å². The zero-order valence-electron chi connectivity index (χ0n) is 9.19. The minimum atomic E-state index is -0.268. The minimum absolute atomic E-state index is 0.0406. The number of ether oxygens (including phenoxy) is 1. The molecule has 0 saturated heterocycles. The molecule has 0 spiro atoms. The summed E-state index contributed by atoms with van der Waals surface area (Å²) in [5, 5.41) is 0. The normalized spacial score (nSPS) is 26.9. The molecule has 1 aliphatic rings. The summed E-state index contributed by atoms with van der Waals surface area (Å²) in [5.41, 5.74) is -0.268. The van der Waals surface area contributed by atoms with Gasteiger partial charge in [-0.1, -0.05) is 18.2 Å². The highest BCUT2D eigenvalue weighted by Gasteiger charge is 2.47. The van der Waals surface area contributed by atoms with Gasteiger partial charge in [0, 0.05) is 6.42 Å². The molecular formula is C13H16O2. The fourth-order valence-electron chi connectivity index (χ4n) is 1.88. The molecular weight excluding hydrogens is 188 g/mol. The van der Waals surface area contributed by atoms with E-state index in [1.54, 1.807) is 0 Å². The van der Waals surface area contributed by atoms with E-state index in [9.17, 15) is 4.79 Å². The lowest BCUT2D eigenvalue weighted by Gasteiger charge is -2.41. The second-order valence-corrected chi connectivity index (χ2v) is 4.41. The van der Waals surface area contributed by atoms with Gasteiger partial charge in [-0.2, -0.15) is 0 Å². The Labute approximate surface area is 90.3 Å². The average Bonchev–Trinajstić information content (AvgIpc) is 2.27. The molecule has 0 radical (unpaired) electrons. The van der Waals surface area contributed by atoms with Crippen LogP contribution < -0.4 is 4.74 Å².